The number of rotatable bonds is 4. The molecule has 0 saturated carbocycles. The number of likely N-dealkylation sites (N-methyl/N-ethyl adjacent to an activating group) is 1. The molecular weight excluding hydrogens is 383 g/mol. The number of halogens is 1. The molecule has 3 aromatic rings. The summed E-state index contributed by atoms with van der Waals surface area (Å²) in [5.74, 6) is -0.875. The zero-order chi connectivity index (χ0) is 24.3. The molecule has 0 amide bonds. The van der Waals surface area contributed by atoms with Gasteiger partial charge in [-0.1, -0.05) is 6.07 Å². The van der Waals surface area contributed by atoms with Crippen molar-refractivity contribution in [2.24, 2.45) is 0 Å². The third kappa shape index (κ3) is 3.35. The van der Waals surface area contributed by atoms with E-state index in [-0.39, 0.29) is 23.4 Å². The van der Waals surface area contributed by atoms with Crippen LogP contribution in [0.1, 0.15) is 29.1 Å². The Balaban J connectivity index is 1.43. The van der Waals surface area contributed by atoms with Crippen LogP contribution in [-0.4, -0.2) is 35.7 Å². The van der Waals surface area contributed by atoms with Crippen LogP contribution in [0.4, 0.5) is 10.1 Å². The molecule has 6 nitrogen and oxygen atoms in total. The number of pyridine rings is 2. The van der Waals surface area contributed by atoms with Crippen LogP contribution in [0.3, 0.4) is 0 Å². The van der Waals surface area contributed by atoms with Gasteiger partial charge in [0, 0.05) is 46.2 Å². The molecule has 2 aromatic heterocycles. The predicted molar refractivity (Wildman–Crippen MR) is 113 cm³/mol. The van der Waals surface area contributed by atoms with Gasteiger partial charge in [0.15, 0.2) is 0 Å². The van der Waals surface area contributed by atoms with Crippen LogP contribution in [0, 0.1) is 5.82 Å². The number of fused-ring (bicyclic) bond motifs is 3. The Kier molecular flexibility index (Phi) is 3.72. The maximum Gasteiger partial charge on any atom is 0.258 e. The van der Waals surface area contributed by atoms with Crippen LogP contribution in [0.15, 0.2) is 59.7 Å². The minimum Gasteiger partial charge on any atom is -0.487 e. The summed E-state index contributed by atoms with van der Waals surface area (Å²) in [5, 5.41) is 2.97. The molecule has 1 saturated heterocycles. The molecule has 0 radical (unpaired) electrons. The van der Waals surface area contributed by atoms with Gasteiger partial charge in [-0.15, -0.1) is 0 Å². The van der Waals surface area contributed by atoms with E-state index in [1.54, 1.807) is 6.07 Å². The van der Waals surface area contributed by atoms with E-state index in [0.717, 1.165) is 29.9 Å². The first-order valence-corrected chi connectivity index (χ1v) is 9.73. The predicted octanol–water partition coefficient (Wildman–Crippen LogP) is 2.85. The molecule has 1 N–H and O–H groups in total. The maximum atomic E-state index is 13.1. The van der Waals surface area contributed by atoms with Crippen molar-refractivity contribution in [3.63, 3.8) is 0 Å². The number of nitrogens with one attached hydrogen (secondary N) is 1. The smallest absolute Gasteiger partial charge is 0.258 e. The molecular formula is C23H23FN4O2. The van der Waals surface area contributed by atoms with Crippen molar-refractivity contribution < 1.29 is 14.6 Å². The Morgan fingerprint density at radius 2 is 2.23 bits per heavy atom. The fourth-order valence-corrected chi connectivity index (χ4v) is 4.08. The van der Waals surface area contributed by atoms with Crippen molar-refractivity contribution in [3.8, 4) is 11.4 Å². The SMILES string of the molecule is [2H]C([2H])(Oc1ccn(-c2ccc3c(c2)N(C)C2CCNC([2H])([2H])C32)c(=O)c1)c1ccc(F)cn1. The molecule has 30 heavy (non-hydrogen) atoms. The standard InChI is InChI=1S/C23H23FN4O2/c1-27-21-6-8-25-13-20(21)19-5-4-17(10-22(19)27)28-9-7-18(11-23(28)29)30-14-16-3-2-15(24)12-26-16/h2-5,7,9-12,20-21,25H,6,8,13-14H2,1H3/i13D2,14D2. The molecule has 0 aliphatic carbocycles. The maximum absolute atomic E-state index is 13.1. The lowest BCUT2D eigenvalue weighted by atomic mass is 9.90. The first-order chi connectivity index (χ1) is 16.1. The Bertz CT molecular complexity index is 1300. The number of ether oxygens (including phenoxy) is 1. The van der Waals surface area contributed by atoms with Crippen molar-refractivity contribution >= 4 is 5.69 Å². The fraction of sp³-hybridized carbons (Fsp3) is 0.304. The Morgan fingerprint density at radius 1 is 1.33 bits per heavy atom. The molecule has 0 spiro atoms. The van der Waals surface area contributed by atoms with Crippen molar-refractivity contribution in [3.05, 3.63) is 82.3 Å². The van der Waals surface area contributed by atoms with Crippen LogP contribution in [-0.2, 0) is 6.56 Å². The second-order valence-corrected chi connectivity index (χ2v) is 7.40. The van der Waals surface area contributed by atoms with Crippen molar-refractivity contribution in [1.82, 2.24) is 14.9 Å². The van der Waals surface area contributed by atoms with Crippen LogP contribution in [0.2, 0.25) is 0 Å². The highest BCUT2D eigenvalue weighted by Gasteiger charge is 2.37. The molecule has 2 unspecified atom stereocenters. The molecule has 4 heterocycles. The van der Waals surface area contributed by atoms with Gasteiger partial charge < -0.3 is 15.0 Å². The Morgan fingerprint density at radius 3 is 3.03 bits per heavy atom. The molecule has 0 bridgehead atoms. The van der Waals surface area contributed by atoms with E-state index in [4.69, 9.17) is 10.2 Å². The topological polar surface area (TPSA) is 59.4 Å². The zero-order valence-electron chi connectivity index (χ0n) is 20.3. The highest BCUT2D eigenvalue weighted by molar-refractivity contribution is 5.65. The number of hydrogen-bond donors (Lipinski definition) is 1. The lowest BCUT2D eigenvalue weighted by molar-refractivity contribution is 0.300. The summed E-state index contributed by atoms with van der Waals surface area (Å²) in [7, 11) is 1.94. The number of aromatic nitrogens is 2. The summed E-state index contributed by atoms with van der Waals surface area (Å²) < 4.78 is 52.9. The summed E-state index contributed by atoms with van der Waals surface area (Å²) in [6.45, 7) is -3.27. The number of piperidine rings is 1. The largest absolute Gasteiger partial charge is 0.487 e. The van der Waals surface area contributed by atoms with E-state index < -0.39 is 24.4 Å². The summed E-state index contributed by atoms with van der Waals surface area (Å²) in [6, 6.07) is 10.5. The van der Waals surface area contributed by atoms with E-state index in [9.17, 15) is 9.18 Å². The van der Waals surface area contributed by atoms with Gasteiger partial charge in [0.1, 0.15) is 18.1 Å². The third-order valence-electron chi connectivity index (χ3n) is 5.60. The van der Waals surface area contributed by atoms with Gasteiger partial charge in [0.25, 0.3) is 5.56 Å². The highest BCUT2D eigenvalue weighted by Crippen LogP contribution is 2.42. The lowest BCUT2D eigenvalue weighted by Gasteiger charge is -2.31. The Hall–Kier alpha value is -3.19. The summed E-state index contributed by atoms with van der Waals surface area (Å²) >= 11 is 0. The molecule has 154 valence electrons. The second-order valence-electron chi connectivity index (χ2n) is 7.40. The molecule has 2 atom stereocenters. The second kappa shape index (κ2) is 7.57. The van der Waals surface area contributed by atoms with Crippen LogP contribution in [0.5, 0.6) is 5.75 Å². The van der Waals surface area contributed by atoms with Gasteiger partial charge in [0.2, 0.25) is 0 Å². The van der Waals surface area contributed by atoms with Gasteiger partial charge in [-0.25, -0.2) is 4.39 Å². The fourth-order valence-electron chi connectivity index (χ4n) is 4.08. The first kappa shape index (κ1) is 14.7. The van der Waals surface area contributed by atoms with E-state index in [0.29, 0.717) is 12.2 Å². The highest BCUT2D eigenvalue weighted by atomic mass is 19.1. The Labute approximate surface area is 179 Å². The quantitative estimate of drug-likeness (QED) is 0.717. The number of hydrogen-bond acceptors (Lipinski definition) is 5. The number of nitrogens with zero attached hydrogens (tertiary/aromatic N) is 3. The minimum absolute atomic E-state index is 0.0148. The lowest BCUT2D eigenvalue weighted by Crippen LogP contribution is -2.42. The monoisotopic (exact) mass is 410 g/mol. The van der Waals surface area contributed by atoms with E-state index in [1.165, 1.54) is 29.0 Å². The van der Waals surface area contributed by atoms with Gasteiger partial charge in [-0.2, -0.15) is 0 Å². The average molecular weight is 410 g/mol. The molecule has 5 rings (SSSR count). The average Bonchev–Trinajstić information content (AvgIpc) is 3.06. The van der Waals surface area contributed by atoms with Crippen LogP contribution in [0.25, 0.3) is 5.69 Å². The number of anilines is 1. The molecule has 2 aliphatic rings. The van der Waals surface area contributed by atoms with Crippen LogP contribution < -0.4 is 20.5 Å². The zero-order valence-corrected chi connectivity index (χ0v) is 16.3. The van der Waals surface area contributed by atoms with Crippen molar-refractivity contribution in [2.45, 2.75) is 24.9 Å². The first-order valence-electron chi connectivity index (χ1n) is 11.7. The normalized spacial score (nSPS) is 24.1. The summed E-state index contributed by atoms with van der Waals surface area (Å²) in [4.78, 5) is 18.7. The summed E-state index contributed by atoms with van der Waals surface area (Å²) in [5.41, 5.74) is 1.86. The molecule has 1 aromatic carbocycles. The van der Waals surface area contributed by atoms with Crippen molar-refractivity contribution in [2.75, 3.05) is 25.0 Å². The summed E-state index contributed by atoms with van der Waals surface area (Å²) in [6.07, 6.45) is 3.22. The van der Waals surface area contributed by atoms with Gasteiger partial charge in [0.05, 0.1) is 20.3 Å². The van der Waals surface area contributed by atoms with E-state index in [2.05, 4.69) is 15.2 Å². The van der Waals surface area contributed by atoms with E-state index in [1.807, 2.05) is 19.2 Å². The molecule has 7 heteroatoms. The van der Waals surface area contributed by atoms with Gasteiger partial charge >= 0.3 is 0 Å². The van der Waals surface area contributed by atoms with Gasteiger partial charge in [-0.3, -0.25) is 14.3 Å². The number of benzene rings is 1. The van der Waals surface area contributed by atoms with Crippen molar-refractivity contribution in [1.29, 1.82) is 0 Å². The van der Waals surface area contributed by atoms with Crippen LogP contribution >= 0.6 is 0 Å². The van der Waals surface area contributed by atoms with E-state index >= 15 is 0 Å². The molecule has 1 fully saturated rings. The third-order valence-corrected chi connectivity index (χ3v) is 5.60. The minimum atomic E-state index is -2.36. The molecule has 2 aliphatic heterocycles. The van der Waals surface area contributed by atoms with Gasteiger partial charge in [-0.05, 0) is 48.9 Å².